The molecule has 210 valence electrons. The molecule has 0 aliphatic carbocycles. The highest BCUT2D eigenvalue weighted by Crippen LogP contribution is 2.38. The lowest BCUT2D eigenvalue weighted by Gasteiger charge is -2.35. The van der Waals surface area contributed by atoms with Gasteiger partial charge in [0.25, 0.3) is 0 Å². The Bertz CT molecular complexity index is 704. The van der Waals surface area contributed by atoms with Crippen molar-refractivity contribution in [3.63, 3.8) is 0 Å². The molecular formula is C29H53NO6. The summed E-state index contributed by atoms with van der Waals surface area (Å²) in [6.07, 6.45) is 6.75. The molecule has 0 saturated carbocycles. The Morgan fingerprint density at radius 2 is 1.50 bits per heavy atom. The van der Waals surface area contributed by atoms with Crippen LogP contribution in [0.25, 0.3) is 0 Å². The number of carbonyl (C=O) groups is 2. The van der Waals surface area contributed by atoms with Crippen molar-refractivity contribution in [3.05, 3.63) is 0 Å². The Balaban J connectivity index is 2.01. The van der Waals surface area contributed by atoms with E-state index in [0.29, 0.717) is 6.04 Å². The molecule has 2 rings (SSSR count). The van der Waals surface area contributed by atoms with Crippen LogP contribution in [0.2, 0.25) is 0 Å². The van der Waals surface area contributed by atoms with Gasteiger partial charge in [0.15, 0.2) is 0 Å². The zero-order valence-corrected chi connectivity index (χ0v) is 24.5. The molecule has 0 amide bonds. The largest absolute Gasteiger partial charge is 0.462 e. The Morgan fingerprint density at radius 1 is 0.944 bits per heavy atom. The summed E-state index contributed by atoms with van der Waals surface area (Å²) >= 11 is 0. The first-order valence-electron chi connectivity index (χ1n) is 14.1. The third-order valence-corrected chi connectivity index (χ3v) is 7.96. The van der Waals surface area contributed by atoms with Crippen LogP contribution in [0.5, 0.6) is 0 Å². The summed E-state index contributed by atoms with van der Waals surface area (Å²) in [6.45, 7) is 15.5. The molecule has 0 radical (unpaired) electrons. The summed E-state index contributed by atoms with van der Waals surface area (Å²) < 4.78 is 24.4. The number of hydrogen-bond donors (Lipinski definition) is 0. The molecule has 9 atom stereocenters. The smallest absolute Gasteiger partial charge is 0.311 e. The SMILES string of the molecule is CCC[C@H](C[C@@H]1CC[C@H]([C@@H](C)[C@H](OC(C)=O)[C@H](C)[C@@H]2CC[C@H]([C@@H](C)C(=O)OC(C)(C)C)O2)O1)N(C)C. The van der Waals surface area contributed by atoms with Gasteiger partial charge in [0.05, 0.1) is 30.3 Å². The van der Waals surface area contributed by atoms with Crippen molar-refractivity contribution in [2.75, 3.05) is 14.1 Å². The number of carbonyl (C=O) groups excluding carboxylic acids is 2. The van der Waals surface area contributed by atoms with Gasteiger partial charge in [-0.1, -0.05) is 27.2 Å². The summed E-state index contributed by atoms with van der Waals surface area (Å²) in [5.41, 5.74) is -0.519. The summed E-state index contributed by atoms with van der Waals surface area (Å²) in [5, 5.41) is 0. The maximum absolute atomic E-state index is 12.6. The van der Waals surface area contributed by atoms with Gasteiger partial charge < -0.3 is 23.8 Å². The molecule has 0 bridgehead atoms. The highest BCUT2D eigenvalue weighted by atomic mass is 16.6. The van der Waals surface area contributed by atoms with Crippen LogP contribution in [0, 0.1) is 17.8 Å². The predicted octanol–water partition coefficient (Wildman–Crippen LogP) is 5.38. The van der Waals surface area contributed by atoms with E-state index in [-0.39, 0.29) is 60.2 Å². The molecule has 0 unspecified atom stereocenters. The monoisotopic (exact) mass is 511 g/mol. The fraction of sp³-hybridized carbons (Fsp3) is 0.931. The van der Waals surface area contributed by atoms with Crippen LogP contribution < -0.4 is 0 Å². The van der Waals surface area contributed by atoms with Crippen molar-refractivity contribution in [1.29, 1.82) is 0 Å². The Morgan fingerprint density at radius 3 is 2.03 bits per heavy atom. The maximum Gasteiger partial charge on any atom is 0.311 e. The minimum Gasteiger partial charge on any atom is -0.462 e. The normalized spacial score (nSPS) is 29.0. The molecule has 2 aliphatic rings. The zero-order chi connectivity index (χ0) is 27.2. The van der Waals surface area contributed by atoms with Crippen molar-refractivity contribution >= 4 is 11.9 Å². The molecule has 0 N–H and O–H groups in total. The quantitative estimate of drug-likeness (QED) is 0.326. The Labute approximate surface area is 219 Å². The third kappa shape index (κ3) is 8.98. The van der Waals surface area contributed by atoms with Crippen LogP contribution in [0.3, 0.4) is 0 Å². The average Bonchev–Trinajstić information content (AvgIpc) is 3.44. The van der Waals surface area contributed by atoms with E-state index in [1.54, 1.807) is 0 Å². The number of rotatable bonds is 12. The second kappa shape index (κ2) is 13.6. The lowest BCUT2D eigenvalue weighted by molar-refractivity contribution is -0.167. The van der Waals surface area contributed by atoms with Crippen molar-refractivity contribution in [3.8, 4) is 0 Å². The Kier molecular flexibility index (Phi) is 11.7. The van der Waals surface area contributed by atoms with Crippen molar-refractivity contribution in [1.82, 2.24) is 4.90 Å². The highest BCUT2D eigenvalue weighted by Gasteiger charge is 2.44. The van der Waals surface area contributed by atoms with E-state index in [9.17, 15) is 9.59 Å². The number of nitrogens with zero attached hydrogens (tertiary/aromatic N) is 1. The van der Waals surface area contributed by atoms with Crippen LogP contribution in [0.1, 0.15) is 100 Å². The van der Waals surface area contributed by atoms with E-state index in [1.165, 1.54) is 13.3 Å². The van der Waals surface area contributed by atoms with Gasteiger partial charge >= 0.3 is 11.9 Å². The van der Waals surface area contributed by atoms with E-state index in [0.717, 1.165) is 38.5 Å². The lowest BCUT2D eigenvalue weighted by Crippen LogP contribution is -2.42. The van der Waals surface area contributed by atoms with Crippen LogP contribution in [0.15, 0.2) is 0 Å². The zero-order valence-electron chi connectivity index (χ0n) is 24.5. The molecule has 2 aliphatic heterocycles. The predicted molar refractivity (Wildman–Crippen MR) is 142 cm³/mol. The molecule has 0 spiro atoms. The van der Waals surface area contributed by atoms with E-state index in [2.05, 4.69) is 39.8 Å². The molecule has 36 heavy (non-hydrogen) atoms. The van der Waals surface area contributed by atoms with E-state index in [4.69, 9.17) is 18.9 Å². The van der Waals surface area contributed by atoms with Gasteiger partial charge in [-0.15, -0.1) is 0 Å². The van der Waals surface area contributed by atoms with Gasteiger partial charge in [0.2, 0.25) is 0 Å². The second-order valence-electron chi connectivity index (χ2n) is 12.4. The molecule has 7 heteroatoms. The summed E-state index contributed by atoms with van der Waals surface area (Å²) in [5.74, 6) is -0.783. The first kappa shape index (κ1) is 31.0. The number of hydrogen-bond acceptors (Lipinski definition) is 7. The van der Waals surface area contributed by atoms with E-state index in [1.807, 2.05) is 27.7 Å². The van der Waals surface area contributed by atoms with Gasteiger partial charge in [0, 0.05) is 24.8 Å². The fourth-order valence-electron chi connectivity index (χ4n) is 5.82. The van der Waals surface area contributed by atoms with E-state index < -0.39 is 5.60 Å². The maximum atomic E-state index is 12.6. The molecule has 0 aromatic rings. The minimum absolute atomic E-state index is 0.00278. The molecule has 2 heterocycles. The Hall–Kier alpha value is -1.18. The van der Waals surface area contributed by atoms with Crippen molar-refractivity contribution in [2.45, 2.75) is 142 Å². The van der Waals surface area contributed by atoms with Gasteiger partial charge in [0.1, 0.15) is 11.7 Å². The molecule has 2 saturated heterocycles. The molecule has 0 aromatic heterocycles. The van der Waals surface area contributed by atoms with Gasteiger partial charge in [-0.3, -0.25) is 9.59 Å². The number of esters is 2. The van der Waals surface area contributed by atoms with Crippen LogP contribution in [-0.4, -0.2) is 73.1 Å². The minimum atomic E-state index is -0.519. The molecule has 2 fully saturated rings. The van der Waals surface area contributed by atoms with Gasteiger partial charge in [-0.05, 0) is 80.3 Å². The number of ether oxygens (including phenoxy) is 4. The summed E-state index contributed by atoms with van der Waals surface area (Å²) in [4.78, 5) is 27.0. The standard InChI is InChI=1S/C29H53NO6/c1-11-12-22(30(9)10)17-23-13-14-24(34-23)18(2)27(33-21(5)31)19(3)25-15-16-26(35-25)20(4)28(32)36-29(6,7)8/h18-20,22-27H,11-17H2,1-10H3/t18-,19-,20-,22-,23+,24-,25+,26-,27+/m1/s1. The highest BCUT2D eigenvalue weighted by molar-refractivity contribution is 5.73. The second-order valence-corrected chi connectivity index (χ2v) is 12.4. The van der Waals surface area contributed by atoms with Crippen LogP contribution >= 0.6 is 0 Å². The first-order chi connectivity index (χ1) is 16.7. The average molecular weight is 512 g/mol. The van der Waals surface area contributed by atoms with Crippen LogP contribution in [-0.2, 0) is 28.5 Å². The van der Waals surface area contributed by atoms with E-state index >= 15 is 0 Å². The first-order valence-corrected chi connectivity index (χ1v) is 14.1. The van der Waals surface area contributed by atoms with Gasteiger partial charge in [-0.2, -0.15) is 0 Å². The third-order valence-electron chi connectivity index (χ3n) is 7.96. The van der Waals surface area contributed by atoms with Gasteiger partial charge in [-0.25, -0.2) is 0 Å². The topological polar surface area (TPSA) is 74.3 Å². The fourth-order valence-corrected chi connectivity index (χ4v) is 5.82. The lowest BCUT2D eigenvalue weighted by atomic mass is 9.84. The van der Waals surface area contributed by atoms with Crippen molar-refractivity contribution < 1.29 is 28.5 Å². The summed E-state index contributed by atoms with van der Waals surface area (Å²) in [7, 11) is 4.29. The van der Waals surface area contributed by atoms with Crippen LogP contribution in [0.4, 0.5) is 0 Å². The molecule has 7 nitrogen and oxygen atoms in total. The van der Waals surface area contributed by atoms with Crippen molar-refractivity contribution in [2.24, 2.45) is 17.8 Å². The molecule has 0 aromatic carbocycles. The summed E-state index contributed by atoms with van der Waals surface area (Å²) in [6, 6.07) is 0.521. The molecular weight excluding hydrogens is 458 g/mol.